The van der Waals surface area contributed by atoms with Crippen LogP contribution in [0.4, 0.5) is 0 Å². The van der Waals surface area contributed by atoms with E-state index in [2.05, 4.69) is 4.98 Å². The summed E-state index contributed by atoms with van der Waals surface area (Å²) in [4.78, 5) is 31.3. The number of ether oxygens (including phenoxy) is 1. The monoisotopic (exact) mass is 261 g/mol. The normalized spacial score (nSPS) is 26.5. The maximum absolute atomic E-state index is 12.3. The Bertz CT molecular complexity index is 505. The fourth-order valence-electron chi connectivity index (χ4n) is 2.57. The second-order valence-electron chi connectivity index (χ2n) is 4.85. The van der Waals surface area contributed by atoms with Gasteiger partial charge in [0, 0.05) is 26.3 Å². The Balaban J connectivity index is 1.75. The molecule has 0 N–H and O–H groups in total. The van der Waals surface area contributed by atoms with Gasteiger partial charge in [0.05, 0.1) is 12.1 Å². The molecule has 0 unspecified atom stereocenters. The zero-order valence-corrected chi connectivity index (χ0v) is 10.7. The second kappa shape index (κ2) is 4.62. The van der Waals surface area contributed by atoms with E-state index in [1.54, 1.807) is 41.2 Å². The zero-order valence-electron chi connectivity index (χ0n) is 10.7. The maximum atomic E-state index is 12.3. The van der Waals surface area contributed by atoms with Crippen molar-refractivity contribution in [3.8, 4) is 0 Å². The van der Waals surface area contributed by atoms with E-state index >= 15 is 0 Å². The van der Waals surface area contributed by atoms with Gasteiger partial charge in [-0.15, -0.1) is 0 Å². The van der Waals surface area contributed by atoms with Crippen LogP contribution < -0.4 is 0 Å². The number of morpholine rings is 1. The summed E-state index contributed by atoms with van der Waals surface area (Å²) in [6.07, 6.45) is 1.51. The molecule has 1 aromatic rings. The Labute approximate surface area is 111 Å². The number of pyridine rings is 1. The van der Waals surface area contributed by atoms with Gasteiger partial charge >= 0.3 is 0 Å². The number of carbonyl (C=O) groups excluding carboxylic acids is 2. The van der Waals surface area contributed by atoms with Gasteiger partial charge in [0.1, 0.15) is 12.3 Å². The van der Waals surface area contributed by atoms with Crippen LogP contribution in [0.25, 0.3) is 0 Å². The summed E-state index contributed by atoms with van der Waals surface area (Å²) in [5.41, 5.74) is 0.426. The van der Waals surface area contributed by atoms with Crippen molar-refractivity contribution in [2.45, 2.75) is 12.1 Å². The Morgan fingerprint density at radius 1 is 1.42 bits per heavy atom. The number of hydrogen-bond acceptors (Lipinski definition) is 4. The molecule has 2 fully saturated rings. The summed E-state index contributed by atoms with van der Waals surface area (Å²) in [5, 5.41) is 0. The third kappa shape index (κ3) is 2.08. The van der Waals surface area contributed by atoms with Gasteiger partial charge in [-0.1, -0.05) is 6.07 Å². The SMILES string of the molecule is CN1C(=O)CO[C@H]2CN(C(=O)c3ccccn3)C[C@H]21. The Hall–Kier alpha value is -1.95. The molecule has 3 heterocycles. The van der Waals surface area contributed by atoms with Gasteiger partial charge in [-0.25, -0.2) is 0 Å². The highest BCUT2D eigenvalue weighted by molar-refractivity contribution is 5.92. The first-order chi connectivity index (χ1) is 9.16. The number of carbonyl (C=O) groups is 2. The van der Waals surface area contributed by atoms with E-state index in [0.717, 1.165) is 0 Å². The maximum Gasteiger partial charge on any atom is 0.272 e. The van der Waals surface area contributed by atoms with Crippen LogP contribution in [0.15, 0.2) is 24.4 Å². The highest BCUT2D eigenvalue weighted by atomic mass is 16.5. The van der Waals surface area contributed by atoms with Crippen molar-refractivity contribution < 1.29 is 14.3 Å². The number of hydrogen-bond donors (Lipinski definition) is 0. The lowest BCUT2D eigenvalue weighted by atomic mass is 10.1. The number of likely N-dealkylation sites (tertiary alicyclic amines) is 1. The molecule has 2 atom stereocenters. The molecule has 0 spiro atoms. The molecule has 6 heteroatoms. The molecule has 3 rings (SSSR count). The molecule has 0 bridgehead atoms. The van der Waals surface area contributed by atoms with E-state index in [0.29, 0.717) is 18.8 Å². The van der Waals surface area contributed by atoms with Crippen LogP contribution in [-0.4, -0.2) is 65.5 Å². The van der Waals surface area contributed by atoms with Crippen molar-refractivity contribution in [2.24, 2.45) is 0 Å². The summed E-state index contributed by atoms with van der Waals surface area (Å²) >= 11 is 0. The molecule has 0 radical (unpaired) electrons. The zero-order chi connectivity index (χ0) is 13.4. The van der Waals surface area contributed by atoms with Crippen LogP contribution in [0, 0.1) is 0 Å². The van der Waals surface area contributed by atoms with Crippen molar-refractivity contribution in [3.63, 3.8) is 0 Å². The fourth-order valence-corrected chi connectivity index (χ4v) is 2.57. The highest BCUT2D eigenvalue weighted by Crippen LogP contribution is 2.23. The number of likely N-dealkylation sites (N-methyl/N-ethyl adjacent to an activating group) is 1. The molecule has 2 saturated heterocycles. The molecule has 1 aromatic heterocycles. The second-order valence-corrected chi connectivity index (χ2v) is 4.85. The lowest BCUT2D eigenvalue weighted by Crippen LogP contribution is -2.51. The molecule has 2 amide bonds. The van der Waals surface area contributed by atoms with Crippen molar-refractivity contribution in [3.05, 3.63) is 30.1 Å². The molecular weight excluding hydrogens is 246 g/mol. The number of amides is 2. The minimum atomic E-state index is -0.112. The lowest BCUT2D eigenvalue weighted by Gasteiger charge is -2.33. The van der Waals surface area contributed by atoms with E-state index in [-0.39, 0.29) is 30.6 Å². The number of rotatable bonds is 1. The number of nitrogens with zero attached hydrogens (tertiary/aromatic N) is 3. The first-order valence-corrected chi connectivity index (χ1v) is 6.24. The minimum absolute atomic E-state index is 0.0339. The predicted molar refractivity (Wildman–Crippen MR) is 66.4 cm³/mol. The molecular formula is C13H15N3O3. The smallest absolute Gasteiger partial charge is 0.272 e. The summed E-state index contributed by atoms with van der Waals surface area (Å²) in [6, 6.07) is 5.21. The van der Waals surface area contributed by atoms with Crippen molar-refractivity contribution >= 4 is 11.8 Å². The van der Waals surface area contributed by atoms with Gasteiger partial charge in [0.2, 0.25) is 5.91 Å². The fraction of sp³-hybridized carbons (Fsp3) is 0.462. The summed E-state index contributed by atoms with van der Waals surface area (Å²) < 4.78 is 5.50. The van der Waals surface area contributed by atoms with Gasteiger partial charge < -0.3 is 14.5 Å². The van der Waals surface area contributed by atoms with Crippen molar-refractivity contribution in [1.29, 1.82) is 0 Å². The highest BCUT2D eigenvalue weighted by Gasteiger charge is 2.43. The number of fused-ring (bicyclic) bond motifs is 1. The minimum Gasteiger partial charge on any atom is -0.364 e. The first kappa shape index (κ1) is 12.1. The number of aromatic nitrogens is 1. The van der Waals surface area contributed by atoms with E-state index in [1.165, 1.54) is 0 Å². The van der Waals surface area contributed by atoms with Gasteiger partial charge in [0.15, 0.2) is 0 Å². The third-order valence-corrected chi connectivity index (χ3v) is 3.72. The van der Waals surface area contributed by atoms with Crippen LogP contribution in [0.3, 0.4) is 0 Å². The van der Waals surface area contributed by atoms with Gasteiger partial charge in [-0.3, -0.25) is 14.6 Å². The van der Waals surface area contributed by atoms with Crippen LogP contribution in [0.1, 0.15) is 10.5 Å². The summed E-state index contributed by atoms with van der Waals surface area (Å²) in [7, 11) is 1.76. The van der Waals surface area contributed by atoms with E-state index in [4.69, 9.17) is 4.74 Å². The molecule has 0 aromatic carbocycles. The van der Waals surface area contributed by atoms with Gasteiger partial charge in [0.25, 0.3) is 5.91 Å². The Kier molecular flexibility index (Phi) is 2.94. The van der Waals surface area contributed by atoms with Crippen molar-refractivity contribution in [2.75, 3.05) is 26.7 Å². The Morgan fingerprint density at radius 2 is 2.26 bits per heavy atom. The molecule has 0 saturated carbocycles. The topological polar surface area (TPSA) is 62.7 Å². The molecule has 2 aliphatic rings. The molecule has 19 heavy (non-hydrogen) atoms. The third-order valence-electron chi connectivity index (χ3n) is 3.72. The van der Waals surface area contributed by atoms with Crippen molar-refractivity contribution in [1.82, 2.24) is 14.8 Å². The van der Waals surface area contributed by atoms with E-state index < -0.39 is 0 Å². The van der Waals surface area contributed by atoms with Crippen LogP contribution in [-0.2, 0) is 9.53 Å². The van der Waals surface area contributed by atoms with Crippen LogP contribution in [0.5, 0.6) is 0 Å². The molecule has 0 aliphatic carbocycles. The predicted octanol–water partition coefficient (Wildman–Crippen LogP) is -0.237. The van der Waals surface area contributed by atoms with E-state index in [9.17, 15) is 9.59 Å². The standard InChI is InChI=1S/C13H15N3O3/c1-15-10-6-16(7-11(10)19-8-12(15)17)13(18)9-4-2-3-5-14-9/h2-5,10-11H,6-8H2,1H3/t10-,11+/m1/s1. The Morgan fingerprint density at radius 3 is 3.00 bits per heavy atom. The largest absolute Gasteiger partial charge is 0.364 e. The van der Waals surface area contributed by atoms with Crippen LogP contribution >= 0.6 is 0 Å². The molecule has 2 aliphatic heterocycles. The van der Waals surface area contributed by atoms with Crippen LogP contribution in [0.2, 0.25) is 0 Å². The summed E-state index contributed by atoms with van der Waals surface area (Å²) in [6.45, 7) is 1.11. The average molecular weight is 261 g/mol. The first-order valence-electron chi connectivity index (χ1n) is 6.24. The average Bonchev–Trinajstić information content (AvgIpc) is 2.88. The lowest BCUT2D eigenvalue weighted by molar-refractivity contribution is -0.150. The molecule has 100 valence electrons. The van der Waals surface area contributed by atoms with E-state index in [1.807, 2.05) is 0 Å². The quantitative estimate of drug-likeness (QED) is 0.700. The summed E-state index contributed by atoms with van der Waals surface area (Å²) in [5.74, 6) is -0.146. The van der Waals surface area contributed by atoms with Gasteiger partial charge in [-0.2, -0.15) is 0 Å². The molecule has 6 nitrogen and oxygen atoms in total. The van der Waals surface area contributed by atoms with Gasteiger partial charge in [-0.05, 0) is 12.1 Å².